The van der Waals surface area contributed by atoms with Crippen molar-refractivity contribution in [2.45, 2.75) is 13.5 Å². The van der Waals surface area contributed by atoms with Gasteiger partial charge in [0.15, 0.2) is 11.5 Å². The first-order chi connectivity index (χ1) is 10.1. The topological polar surface area (TPSA) is 86.5 Å². The molecule has 0 radical (unpaired) electrons. The first-order valence-electron chi connectivity index (χ1n) is 6.53. The van der Waals surface area contributed by atoms with E-state index in [0.29, 0.717) is 17.9 Å². The van der Waals surface area contributed by atoms with Crippen LogP contribution in [0.15, 0.2) is 30.3 Å². The van der Waals surface area contributed by atoms with Gasteiger partial charge in [0.25, 0.3) is 5.91 Å². The molecule has 0 saturated heterocycles. The zero-order chi connectivity index (χ0) is 14.8. The van der Waals surface area contributed by atoms with Gasteiger partial charge in [0.05, 0.1) is 5.56 Å². The lowest BCUT2D eigenvalue weighted by molar-refractivity contribution is 0.0951. The lowest BCUT2D eigenvalue weighted by Crippen LogP contribution is -2.24. The van der Waals surface area contributed by atoms with Gasteiger partial charge in [0, 0.05) is 12.2 Å². The number of nitrogens with zero attached hydrogens (tertiary/aromatic N) is 1. The van der Waals surface area contributed by atoms with Crippen LogP contribution >= 0.6 is 0 Å². The molecular formula is C15H15N3O3. The Hall–Kier alpha value is -2.76. The van der Waals surface area contributed by atoms with E-state index in [-0.39, 0.29) is 18.5 Å². The van der Waals surface area contributed by atoms with Crippen molar-refractivity contribution in [2.24, 2.45) is 0 Å². The maximum absolute atomic E-state index is 12.1. The quantitative estimate of drug-likeness (QED) is 0.895. The fourth-order valence-electron chi connectivity index (χ4n) is 2.10. The van der Waals surface area contributed by atoms with E-state index in [4.69, 9.17) is 15.2 Å². The van der Waals surface area contributed by atoms with Gasteiger partial charge in [0.1, 0.15) is 5.82 Å². The molecule has 0 unspecified atom stereocenters. The van der Waals surface area contributed by atoms with Gasteiger partial charge >= 0.3 is 0 Å². The molecule has 108 valence electrons. The normalized spacial score (nSPS) is 12.2. The van der Waals surface area contributed by atoms with Gasteiger partial charge < -0.3 is 20.5 Å². The minimum absolute atomic E-state index is 0.233. The van der Waals surface area contributed by atoms with Crippen molar-refractivity contribution in [3.63, 3.8) is 0 Å². The molecular weight excluding hydrogens is 270 g/mol. The van der Waals surface area contributed by atoms with Crippen LogP contribution in [0.3, 0.4) is 0 Å². The monoisotopic (exact) mass is 285 g/mol. The van der Waals surface area contributed by atoms with Crippen molar-refractivity contribution < 1.29 is 14.3 Å². The van der Waals surface area contributed by atoms with Crippen molar-refractivity contribution in [1.82, 2.24) is 10.3 Å². The van der Waals surface area contributed by atoms with E-state index in [1.54, 1.807) is 12.1 Å². The molecule has 6 heteroatoms. The number of nitrogens with two attached hydrogens (primary N) is 1. The minimum Gasteiger partial charge on any atom is -0.454 e. The number of benzene rings is 1. The maximum atomic E-state index is 12.1. The van der Waals surface area contributed by atoms with E-state index in [9.17, 15) is 4.79 Å². The Balaban J connectivity index is 1.68. The fraction of sp³-hybridized carbons (Fsp3) is 0.200. The number of hydrogen-bond donors (Lipinski definition) is 2. The lowest BCUT2D eigenvalue weighted by atomic mass is 10.2. The average Bonchev–Trinajstić information content (AvgIpc) is 2.92. The number of carbonyl (C=O) groups is 1. The molecule has 1 aromatic heterocycles. The average molecular weight is 285 g/mol. The van der Waals surface area contributed by atoms with E-state index in [0.717, 1.165) is 17.0 Å². The highest BCUT2D eigenvalue weighted by Gasteiger charge is 2.14. The predicted octanol–water partition coefficient (Wildman–Crippen LogP) is 1.63. The Bertz CT molecular complexity index is 701. The molecule has 2 heterocycles. The second-order valence-electron chi connectivity index (χ2n) is 4.76. The van der Waals surface area contributed by atoms with Crippen molar-refractivity contribution in [3.05, 3.63) is 47.2 Å². The summed E-state index contributed by atoms with van der Waals surface area (Å²) in [6, 6.07) is 8.98. The largest absolute Gasteiger partial charge is 0.454 e. The third-order valence-electron chi connectivity index (χ3n) is 3.20. The fourth-order valence-corrected chi connectivity index (χ4v) is 2.10. The Morgan fingerprint density at radius 1 is 1.29 bits per heavy atom. The van der Waals surface area contributed by atoms with Crippen LogP contribution in [0.1, 0.15) is 21.6 Å². The van der Waals surface area contributed by atoms with Gasteiger partial charge in [-0.05, 0) is 36.8 Å². The highest BCUT2D eigenvalue weighted by Crippen LogP contribution is 2.32. The molecule has 0 fully saturated rings. The Morgan fingerprint density at radius 2 is 2.10 bits per heavy atom. The zero-order valence-corrected chi connectivity index (χ0v) is 11.6. The highest BCUT2D eigenvalue weighted by atomic mass is 16.7. The van der Waals surface area contributed by atoms with Crippen LogP contribution in [0.4, 0.5) is 5.82 Å². The summed E-state index contributed by atoms with van der Waals surface area (Å²) in [5.41, 5.74) is 7.83. The van der Waals surface area contributed by atoms with Gasteiger partial charge in [0.2, 0.25) is 6.79 Å². The predicted molar refractivity (Wildman–Crippen MR) is 77.1 cm³/mol. The summed E-state index contributed by atoms with van der Waals surface area (Å²) in [5.74, 6) is 1.39. The van der Waals surface area contributed by atoms with Gasteiger partial charge in [-0.25, -0.2) is 4.98 Å². The van der Waals surface area contributed by atoms with Crippen LogP contribution in [0.2, 0.25) is 0 Å². The number of aryl methyl sites for hydroxylation is 1. The van der Waals surface area contributed by atoms with Crippen LogP contribution in [-0.2, 0) is 6.54 Å². The number of pyridine rings is 1. The van der Waals surface area contributed by atoms with Crippen LogP contribution in [0, 0.1) is 6.92 Å². The smallest absolute Gasteiger partial charge is 0.255 e. The summed E-state index contributed by atoms with van der Waals surface area (Å²) in [4.78, 5) is 16.2. The molecule has 0 spiro atoms. The number of anilines is 1. The van der Waals surface area contributed by atoms with E-state index in [1.165, 1.54) is 0 Å². The molecule has 21 heavy (non-hydrogen) atoms. The maximum Gasteiger partial charge on any atom is 0.255 e. The van der Waals surface area contributed by atoms with Crippen molar-refractivity contribution in [1.29, 1.82) is 0 Å². The second-order valence-corrected chi connectivity index (χ2v) is 4.76. The Kier molecular flexibility index (Phi) is 3.35. The van der Waals surface area contributed by atoms with E-state index < -0.39 is 0 Å². The molecule has 6 nitrogen and oxygen atoms in total. The molecule has 0 aliphatic carbocycles. The third-order valence-corrected chi connectivity index (χ3v) is 3.20. The molecule has 3 N–H and O–H groups in total. The van der Waals surface area contributed by atoms with E-state index >= 15 is 0 Å². The third kappa shape index (κ3) is 2.74. The van der Waals surface area contributed by atoms with Gasteiger partial charge in [-0.3, -0.25) is 4.79 Å². The van der Waals surface area contributed by atoms with E-state index in [2.05, 4.69) is 10.3 Å². The number of ether oxygens (including phenoxy) is 2. The molecule has 1 aromatic carbocycles. The van der Waals surface area contributed by atoms with Crippen LogP contribution in [0.5, 0.6) is 11.5 Å². The van der Waals surface area contributed by atoms with Crippen LogP contribution in [-0.4, -0.2) is 17.7 Å². The number of fused-ring (bicyclic) bond motifs is 1. The summed E-state index contributed by atoms with van der Waals surface area (Å²) in [7, 11) is 0. The SMILES string of the molecule is Cc1ccc(C(=O)NCc2ccc3c(c2)OCO3)c(N)n1. The van der Waals surface area contributed by atoms with Gasteiger partial charge in [-0.1, -0.05) is 6.07 Å². The standard InChI is InChI=1S/C15H15N3O3/c1-9-2-4-11(14(16)18-9)15(19)17-7-10-3-5-12-13(6-10)21-8-20-12/h2-6H,7-8H2,1H3,(H2,16,18)(H,17,19). The summed E-state index contributed by atoms with van der Waals surface area (Å²) >= 11 is 0. The molecule has 0 atom stereocenters. The molecule has 0 bridgehead atoms. The molecule has 0 saturated carbocycles. The minimum atomic E-state index is -0.252. The van der Waals surface area contributed by atoms with Gasteiger partial charge in [-0.15, -0.1) is 0 Å². The Morgan fingerprint density at radius 3 is 2.90 bits per heavy atom. The van der Waals surface area contributed by atoms with Crippen molar-refractivity contribution >= 4 is 11.7 Å². The summed E-state index contributed by atoms with van der Waals surface area (Å²) in [6.07, 6.45) is 0. The summed E-state index contributed by atoms with van der Waals surface area (Å²) in [6.45, 7) is 2.43. The Labute approximate surface area is 121 Å². The number of carbonyl (C=O) groups excluding carboxylic acids is 1. The molecule has 2 aromatic rings. The zero-order valence-electron chi connectivity index (χ0n) is 11.6. The molecule has 1 aliphatic rings. The highest BCUT2D eigenvalue weighted by molar-refractivity contribution is 5.98. The number of amides is 1. The number of nitrogen functional groups attached to an aromatic ring is 1. The lowest BCUT2D eigenvalue weighted by Gasteiger charge is -2.08. The van der Waals surface area contributed by atoms with Crippen LogP contribution < -0.4 is 20.5 Å². The molecule has 3 rings (SSSR count). The second kappa shape index (κ2) is 5.32. The van der Waals surface area contributed by atoms with Crippen molar-refractivity contribution in [2.75, 3.05) is 12.5 Å². The summed E-state index contributed by atoms with van der Waals surface area (Å²) in [5, 5.41) is 2.81. The summed E-state index contributed by atoms with van der Waals surface area (Å²) < 4.78 is 10.5. The van der Waals surface area contributed by atoms with Crippen LogP contribution in [0.25, 0.3) is 0 Å². The molecule has 1 amide bonds. The van der Waals surface area contributed by atoms with E-state index in [1.807, 2.05) is 25.1 Å². The molecule has 1 aliphatic heterocycles. The first kappa shape index (κ1) is 13.2. The van der Waals surface area contributed by atoms with Crippen molar-refractivity contribution in [3.8, 4) is 11.5 Å². The number of rotatable bonds is 3. The number of hydrogen-bond acceptors (Lipinski definition) is 5. The van der Waals surface area contributed by atoms with Gasteiger partial charge in [-0.2, -0.15) is 0 Å². The number of nitrogens with one attached hydrogen (secondary N) is 1. The number of aromatic nitrogens is 1. The first-order valence-corrected chi connectivity index (χ1v) is 6.53.